The van der Waals surface area contributed by atoms with Crippen LogP contribution in [0.4, 0.5) is 10.3 Å². The topological polar surface area (TPSA) is 62.2 Å². The third-order valence-corrected chi connectivity index (χ3v) is 4.55. The van der Waals surface area contributed by atoms with Gasteiger partial charge in [-0.1, -0.05) is 6.07 Å². The van der Waals surface area contributed by atoms with Crippen molar-refractivity contribution in [2.24, 2.45) is 0 Å². The fourth-order valence-corrected chi connectivity index (χ4v) is 3.52. The van der Waals surface area contributed by atoms with Gasteiger partial charge in [-0.3, -0.25) is 9.78 Å². The summed E-state index contributed by atoms with van der Waals surface area (Å²) < 4.78 is 13.0. The van der Waals surface area contributed by atoms with E-state index in [0.717, 1.165) is 18.5 Å². The first-order valence-corrected chi connectivity index (χ1v) is 7.65. The molecule has 2 saturated heterocycles. The lowest BCUT2D eigenvalue weighted by Gasteiger charge is -2.25. The van der Waals surface area contributed by atoms with Gasteiger partial charge in [0.1, 0.15) is 0 Å². The predicted molar refractivity (Wildman–Crippen MR) is 80.9 cm³/mol. The summed E-state index contributed by atoms with van der Waals surface area (Å²) >= 11 is 0. The van der Waals surface area contributed by atoms with Gasteiger partial charge < -0.3 is 9.80 Å². The lowest BCUT2D eigenvalue weighted by molar-refractivity contribution is -0.129. The molecule has 7 heteroatoms. The van der Waals surface area contributed by atoms with E-state index in [1.807, 2.05) is 21.9 Å². The number of hydrogen-bond acceptors (Lipinski definition) is 5. The molecule has 4 rings (SSSR count). The molecule has 2 aliphatic heterocycles. The molecular formula is C16H16FN5O. The number of anilines is 1. The molecule has 6 nitrogen and oxygen atoms in total. The fraction of sp³-hybridized carbons (Fsp3) is 0.375. The van der Waals surface area contributed by atoms with Crippen LogP contribution in [0, 0.1) is 5.82 Å². The van der Waals surface area contributed by atoms with Gasteiger partial charge in [-0.15, -0.1) is 0 Å². The monoisotopic (exact) mass is 313 g/mol. The van der Waals surface area contributed by atoms with Crippen molar-refractivity contribution in [1.29, 1.82) is 0 Å². The summed E-state index contributed by atoms with van der Waals surface area (Å²) in [6.07, 6.45) is 7.17. The second kappa shape index (κ2) is 5.57. The first-order chi connectivity index (χ1) is 11.2. The van der Waals surface area contributed by atoms with E-state index in [9.17, 15) is 9.18 Å². The maximum Gasteiger partial charge on any atom is 0.225 e. The van der Waals surface area contributed by atoms with Crippen LogP contribution in [0.3, 0.4) is 0 Å². The maximum absolute atomic E-state index is 13.0. The van der Waals surface area contributed by atoms with Crippen molar-refractivity contribution in [3.63, 3.8) is 0 Å². The van der Waals surface area contributed by atoms with Crippen LogP contribution in [0.5, 0.6) is 0 Å². The number of amides is 1. The molecule has 0 aliphatic carbocycles. The Hall–Kier alpha value is -2.57. The van der Waals surface area contributed by atoms with Crippen LogP contribution in [0.25, 0.3) is 0 Å². The number of aromatic nitrogens is 3. The van der Waals surface area contributed by atoms with E-state index in [0.29, 0.717) is 18.9 Å². The average molecular weight is 313 g/mol. The summed E-state index contributed by atoms with van der Waals surface area (Å²) in [5.74, 6) is 0.177. The Bertz CT molecular complexity index is 708. The van der Waals surface area contributed by atoms with Crippen LogP contribution in [0.1, 0.15) is 18.4 Å². The molecule has 2 aliphatic rings. The van der Waals surface area contributed by atoms with Crippen molar-refractivity contribution in [2.45, 2.75) is 31.5 Å². The van der Waals surface area contributed by atoms with E-state index in [4.69, 9.17) is 0 Å². The van der Waals surface area contributed by atoms with Gasteiger partial charge in [-0.25, -0.2) is 14.4 Å². The minimum atomic E-state index is -0.454. The zero-order valence-corrected chi connectivity index (χ0v) is 12.5. The predicted octanol–water partition coefficient (Wildman–Crippen LogP) is 1.39. The van der Waals surface area contributed by atoms with Crippen LogP contribution in [-0.2, 0) is 11.3 Å². The van der Waals surface area contributed by atoms with Crippen LogP contribution < -0.4 is 4.90 Å². The molecule has 0 spiro atoms. The quantitative estimate of drug-likeness (QED) is 0.857. The number of halogens is 1. The van der Waals surface area contributed by atoms with Crippen LogP contribution in [-0.4, -0.2) is 44.4 Å². The van der Waals surface area contributed by atoms with Crippen molar-refractivity contribution in [3.8, 4) is 0 Å². The first kappa shape index (κ1) is 14.0. The largest absolute Gasteiger partial charge is 0.335 e. The molecule has 4 heterocycles. The smallest absolute Gasteiger partial charge is 0.225 e. The Morgan fingerprint density at radius 2 is 2.04 bits per heavy atom. The molecule has 0 aromatic carbocycles. The molecule has 2 aromatic heterocycles. The molecule has 23 heavy (non-hydrogen) atoms. The minimum absolute atomic E-state index is 0.0598. The number of rotatable bonds is 3. The van der Waals surface area contributed by atoms with Gasteiger partial charge in [0.05, 0.1) is 24.5 Å². The third kappa shape index (κ3) is 2.52. The summed E-state index contributed by atoms with van der Waals surface area (Å²) in [6.45, 7) is 1.35. The molecule has 1 amide bonds. The van der Waals surface area contributed by atoms with Gasteiger partial charge in [-0.2, -0.15) is 0 Å². The molecule has 2 atom stereocenters. The molecule has 118 valence electrons. The highest BCUT2D eigenvalue weighted by atomic mass is 19.1. The number of hydrogen-bond donors (Lipinski definition) is 0. The molecular weight excluding hydrogens is 297 g/mol. The summed E-state index contributed by atoms with van der Waals surface area (Å²) in [7, 11) is 0. The number of carbonyl (C=O) groups is 1. The van der Waals surface area contributed by atoms with Gasteiger partial charge in [-0.05, 0) is 18.1 Å². The average Bonchev–Trinajstić information content (AvgIpc) is 3.10. The molecule has 0 N–H and O–H groups in total. The molecule has 0 saturated carbocycles. The Balaban J connectivity index is 1.54. The summed E-state index contributed by atoms with van der Waals surface area (Å²) in [6, 6.07) is 4.06. The van der Waals surface area contributed by atoms with E-state index in [-0.39, 0.29) is 18.0 Å². The number of likely N-dealkylation sites (tertiary alicyclic amines) is 1. The van der Waals surface area contributed by atoms with Crippen LogP contribution in [0.2, 0.25) is 0 Å². The Labute approximate surface area is 133 Å². The molecule has 0 unspecified atom stereocenters. The van der Waals surface area contributed by atoms with E-state index < -0.39 is 5.82 Å². The summed E-state index contributed by atoms with van der Waals surface area (Å²) in [5, 5.41) is 0. The first-order valence-electron chi connectivity index (χ1n) is 7.65. The third-order valence-electron chi connectivity index (χ3n) is 4.55. The standard InChI is InChI=1S/C16H16FN5O/c17-12-8-19-16(20-9-12)21-5-3-13-14(21)6-15(23)22(13)10-11-2-1-4-18-7-11/h1-2,4,7-9,13-14H,3,5-6,10H2/t13-,14+/m0/s1. The van der Waals surface area contributed by atoms with Gasteiger partial charge in [0.2, 0.25) is 11.9 Å². The molecule has 2 fully saturated rings. The fourth-order valence-electron chi connectivity index (χ4n) is 3.52. The number of fused-ring (bicyclic) bond motifs is 1. The van der Waals surface area contributed by atoms with Gasteiger partial charge in [0.15, 0.2) is 5.82 Å². The molecule has 2 aromatic rings. The lowest BCUT2D eigenvalue weighted by Crippen LogP contribution is -2.37. The second-order valence-corrected chi connectivity index (χ2v) is 5.91. The number of pyridine rings is 1. The SMILES string of the molecule is O=C1C[C@@H]2[C@H](CCN2c2ncc(F)cn2)N1Cc1cccnc1. The molecule has 0 bridgehead atoms. The zero-order chi connectivity index (χ0) is 15.8. The van der Waals surface area contributed by atoms with E-state index in [2.05, 4.69) is 15.0 Å². The van der Waals surface area contributed by atoms with E-state index in [1.165, 1.54) is 12.4 Å². The molecule has 0 radical (unpaired) electrons. The van der Waals surface area contributed by atoms with Crippen molar-refractivity contribution in [2.75, 3.05) is 11.4 Å². The highest BCUT2D eigenvalue weighted by Gasteiger charge is 2.47. The van der Waals surface area contributed by atoms with Crippen molar-refractivity contribution in [3.05, 3.63) is 48.3 Å². The van der Waals surface area contributed by atoms with Crippen LogP contribution >= 0.6 is 0 Å². The van der Waals surface area contributed by atoms with Crippen molar-refractivity contribution in [1.82, 2.24) is 19.9 Å². The minimum Gasteiger partial charge on any atom is -0.335 e. The Kier molecular flexibility index (Phi) is 3.40. The zero-order valence-electron chi connectivity index (χ0n) is 12.5. The highest BCUT2D eigenvalue weighted by molar-refractivity contribution is 5.81. The highest BCUT2D eigenvalue weighted by Crippen LogP contribution is 2.35. The van der Waals surface area contributed by atoms with E-state index in [1.54, 1.807) is 12.4 Å². The van der Waals surface area contributed by atoms with Gasteiger partial charge in [0, 0.05) is 31.9 Å². The number of nitrogens with zero attached hydrogens (tertiary/aromatic N) is 5. The van der Waals surface area contributed by atoms with Crippen molar-refractivity contribution < 1.29 is 9.18 Å². The van der Waals surface area contributed by atoms with Crippen molar-refractivity contribution >= 4 is 11.9 Å². The number of carbonyl (C=O) groups excluding carboxylic acids is 1. The van der Waals surface area contributed by atoms with E-state index >= 15 is 0 Å². The summed E-state index contributed by atoms with van der Waals surface area (Å²) in [5.41, 5.74) is 1.03. The normalized spacial score (nSPS) is 23.4. The Morgan fingerprint density at radius 3 is 2.78 bits per heavy atom. The lowest BCUT2D eigenvalue weighted by atomic mass is 10.1. The van der Waals surface area contributed by atoms with Crippen LogP contribution in [0.15, 0.2) is 36.9 Å². The summed E-state index contributed by atoms with van der Waals surface area (Å²) in [4.78, 5) is 28.6. The van der Waals surface area contributed by atoms with Gasteiger partial charge in [0.25, 0.3) is 0 Å². The Morgan fingerprint density at radius 1 is 1.22 bits per heavy atom. The maximum atomic E-state index is 13.0. The second-order valence-electron chi connectivity index (χ2n) is 5.91. The van der Waals surface area contributed by atoms with Gasteiger partial charge >= 0.3 is 0 Å².